The van der Waals surface area contributed by atoms with Gasteiger partial charge in [-0.3, -0.25) is 19.2 Å². The summed E-state index contributed by atoms with van der Waals surface area (Å²) in [5, 5.41) is 17.1. The molecule has 0 unspecified atom stereocenters. The summed E-state index contributed by atoms with van der Waals surface area (Å²) in [6, 6.07) is 5.48. The second kappa shape index (κ2) is 13.2. The van der Waals surface area contributed by atoms with Crippen molar-refractivity contribution < 1.29 is 37.4 Å². The average molecular weight is 767 g/mol. The van der Waals surface area contributed by atoms with Crippen molar-refractivity contribution in [1.82, 2.24) is 33.9 Å². The quantitative estimate of drug-likeness (QED) is 0.287. The number of benzene rings is 1. The van der Waals surface area contributed by atoms with Crippen LogP contribution >= 0.6 is 11.6 Å². The molecule has 2 fully saturated rings. The SMILES string of the molecule is C[C@H]1OC2(CCN(C(=O)c3ncccc3O)CC2)c2c1n(CC(=O)Nc1ccc(C(F)(F)F)cc1Cl)c1nc(C3=CCN(C(=O)C4CC4)CC3)nn1c2=O. The van der Waals surface area contributed by atoms with Crippen LogP contribution in [0.1, 0.15) is 78.3 Å². The van der Waals surface area contributed by atoms with Crippen LogP contribution in [0.3, 0.4) is 0 Å². The Kier molecular flexibility index (Phi) is 8.75. The summed E-state index contributed by atoms with van der Waals surface area (Å²) in [4.78, 5) is 66.2. The Morgan fingerprint density at radius 3 is 2.52 bits per heavy atom. The van der Waals surface area contributed by atoms with Crippen molar-refractivity contribution in [2.45, 2.75) is 63.5 Å². The van der Waals surface area contributed by atoms with Crippen LogP contribution < -0.4 is 10.9 Å². The van der Waals surface area contributed by atoms with E-state index in [1.807, 2.05) is 6.08 Å². The Hall–Kier alpha value is -5.29. The van der Waals surface area contributed by atoms with Crippen LogP contribution in [0.5, 0.6) is 5.75 Å². The number of fused-ring (bicyclic) bond motifs is 3. The van der Waals surface area contributed by atoms with Gasteiger partial charge >= 0.3 is 6.18 Å². The van der Waals surface area contributed by atoms with Crippen molar-refractivity contribution in [3.8, 4) is 5.75 Å². The van der Waals surface area contributed by atoms with E-state index in [2.05, 4.69) is 15.4 Å². The molecule has 1 saturated heterocycles. The number of aromatic hydroxyl groups is 1. The van der Waals surface area contributed by atoms with Gasteiger partial charge in [-0.25, -0.2) is 4.98 Å². The summed E-state index contributed by atoms with van der Waals surface area (Å²) in [6.45, 7) is 2.47. The molecule has 1 aromatic carbocycles. The van der Waals surface area contributed by atoms with Crippen molar-refractivity contribution in [3.63, 3.8) is 0 Å². The first-order valence-electron chi connectivity index (χ1n) is 17.5. The molecule has 8 rings (SSSR count). The minimum Gasteiger partial charge on any atom is -0.505 e. The second-order valence-electron chi connectivity index (χ2n) is 14.0. The van der Waals surface area contributed by atoms with Gasteiger partial charge in [-0.05, 0) is 74.9 Å². The number of alkyl halides is 3. The molecule has 2 N–H and O–H groups in total. The summed E-state index contributed by atoms with van der Waals surface area (Å²) in [5.41, 5.74) is -1.42. The number of amides is 3. The lowest BCUT2D eigenvalue weighted by Crippen LogP contribution is -2.47. The van der Waals surface area contributed by atoms with Crippen LogP contribution in [0, 0.1) is 5.92 Å². The molecule has 282 valence electrons. The van der Waals surface area contributed by atoms with Crippen molar-refractivity contribution in [3.05, 3.63) is 86.3 Å². The van der Waals surface area contributed by atoms with Crippen molar-refractivity contribution in [2.75, 3.05) is 31.5 Å². The number of hydrogen-bond donors (Lipinski definition) is 2. The predicted octanol–water partition coefficient (Wildman–Crippen LogP) is 4.55. The molecular weight excluding hydrogens is 733 g/mol. The van der Waals surface area contributed by atoms with E-state index < -0.39 is 47.4 Å². The molecule has 1 saturated carbocycles. The molecule has 3 aromatic heterocycles. The number of carbonyl (C=O) groups excluding carboxylic acids is 3. The first-order valence-corrected chi connectivity index (χ1v) is 17.9. The molecule has 4 aromatic rings. The standard InChI is InChI=1S/C36H34ClF3N8O6/c1-19-29-27(35(54-19)10-15-46(16-11-35)33(53)28-25(49)3-2-12-41-28)32(52)48-34(43-30(44-48)20-8-13-45(14-9-20)31(51)21-4-5-21)47(29)18-26(50)42-24-7-6-22(17-23(24)37)36(38,39)40/h2-3,6-8,12,17,19,21,49H,4-5,9-11,13-16,18H2,1H3,(H,42,50)/t19-/m1/s1. The lowest BCUT2D eigenvalue weighted by atomic mass is 9.85. The number of rotatable bonds is 6. The lowest BCUT2D eigenvalue weighted by molar-refractivity contribution is -0.137. The Morgan fingerprint density at radius 1 is 1.11 bits per heavy atom. The van der Waals surface area contributed by atoms with Crippen LogP contribution in [-0.2, 0) is 32.6 Å². The number of likely N-dealkylation sites (tertiary alicyclic amines) is 1. The Balaban J connectivity index is 1.15. The van der Waals surface area contributed by atoms with Gasteiger partial charge in [0.15, 0.2) is 11.5 Å². The zero-order valence-electron chi connectivity index (χ0n) is 28.9. The van der Waals surface area contributed by atoms with Gasteiger partial charge < -0.3 is 29.5 Å². The number of pyridine rings is 1. The fourth-order valence-corrected chi connectivity index (χ4v) is 7.83. The van der Waals surface area contributed by atoms with Gasteiger partial charge in [0, 0.05) is 38.3 Å². The van der Waals surface area contributed by atoms with Gasteiger partial charge in [0.25, 0.3) is 11.5 Å². The predicted molar refractivity (Wildman–Crippen MR) is 186 cm³/mol. The number of hydrogen-bond acceptors (Lipinski definition) is 9. The average Bonchev–Trinajstić information content (AvgIpc) is 3.83. The van der Waals surface area contributed by atoms with E-state index >= 15 is 0 Å². The molecule has 54 heavy (non-hydrogen) atoms. The molecule has 3 aliphatic heterocycles. The molecule has 1 atom stereocenters. The van der Waals surface area contributed by atoms with Crippen LogP contribution in [0.15, 0.2) is 47.4 Å². The molecule has 0 radical (unpaired) electrons. The zero-order valence-corrected chi connectivity index (χ0v) is 29.7. The number of aromatic nitrogens is 5. The van der Waals surface area contributed by atoms with Crippen molar-refractivity contribution >= 4 is 46.4 Å². The number of carbonyl (C=O) groups is 3. The number of halogens is 4. The number of piperidine rings is 1. The Labute approximate surface area is 310 Å². The normalized spacial score (nSPS) is 19.6. The van der Waals surface area contributed by atoms with Crippen LogP contribution in [0.2, 0.25) is 5.02 Å². The molecular formula is C36H34ClF3N8O6. The largest absolute Gasteiger partial charge is 0.505 e. The fourth-order valence-electron chi connectivity index (χ4n) is 7.61. The van der Waals surface area contributed by atoms with Crippen LogP contribution in [0.25, 0.3) is 11.4 Å². The highest BCUT2D eigenvalue weighted by atomic mass is 35.5. The maximum Gasteiger partial charge on any atom is 0.416 e. The maximum absolute atomic E-state index is 14.5. The summed E-state index contributed by atoms with van der Waals surface area (Å²) in [7, 11) is 0. The molecule has 1 aliphatic carbocycles. The third-order valence-corrected chi connectivity index (χ3v) is 10.8. The first kappa shape index (κ1) is 35.7. The van der Waals surface area contributed by atoms with E-state index in [0.29, 0.717) is 25.2 Å². The molecule has 3 amide bonds. The maximum atomic E-state index is 14.5. The monoisotopic (exact) mass is 766 g/mol. The van der Waals surface area contributed by atoms with Crippen LogP contribution in [-0.4, -0.2) is 83.0 Å². The number of nitrogens with one attached hydrogen (secondary N) is 1. The zero-order chi connectivity index (χ0) is 38.1. The van der Waals surface area contributed by atoms with Gasteiger partial charge in [0.2, 0.25) is 17.6 Å². The van der Waals surface area contributed by atoms with E-state index in [0.717, 1.165) is 41.1 Å². The first-order chi connectivity index (χ1) is 25.7. The van der Waals surface area contributed by atoms with E-state index in [1.165, 1.54) is 27.8 Å². The summed E-state index contributed by atoms with van der Waals surface area (Å²) in [5.74, 6) is -0.892. The molecule has 0 bridgehead atoms. The second-order valence-corrected chi connectivity index (χ2v) is 14.4. The van der Waals surface area contributed by atoms with E-state index in [1.54, 1.807) is 11.8 Å². The molecule has 4 aliphatic rings. The summed E-state index contributed by atoms with van der Waals surface area (Å²) < 4.78 is 49.0. The minimum atomic E-state index is -4.63. The minimum absolute atomic E-state index is 0.0417. The van der Waals surface area contributed by atoms with Gasteiger partial charge in [-0.1, -0.05) is 17.7 Å². The molecule has 18 heteroatoms. The third-order valence-electron chi connectivity index (χ3n) is 10.5. The van der Waals surface area contributed by atoms with Gasteiger partial charge in [-0.15, -0.1) is 5.10 Å². The summed E-state index contributed by atoms with van der Waals surface area (Å²) >= 11 is 6.15. The molecule has 14 nitrogen and oxygen atoms in total. The summed E-state index contributed by atoms with van der Waals surface area (Å²) in [6.07, 6.45) is 0.556. The highest BCUT2D eigenvalue weighted by Crippen LogP contribution is 2.48. The van der Waals surface area contributed by atoms with E-state index in [4.69, 9.17) is 21.3 Å². The Morgan fingerprint density at radius 2 is 1.87 bits per heavy atom. The lowest BCUT2D eigenvalue weighted by Gasteiger charge is -2.39. The van der Waals surface area contributed by atoms with Crippen molar-refractivity contribution in [1.29, 1.82) is 0 Å². The number of nitrogens with zero attached hydrogens (tertiary/aromatic N) is 7. The topological polar surface area (TPSA) is 164 Å². The molecule has 6 heterocycles. The van der Waals surface area contributed by atoms with Crippen LogP contribution in [0.4, 0.5) is 18.9 Å². The highest BCUT2D eigenvalue weighted by Gasteiger charge is 2.51. The smallest absolute Gasteiger partial charge is 0.416 e. The van der Waals surface area contributed by atoms with Crippen molar-refractivity contribution in [2.24, 2.45) is 5.92 Å². The van der Waals surface area contributed by atoms with E-state index in [9.17, 15) is 37.5 Å². The Bertz CT molecular complexity index is 2310. The number of anilines is 1. The third kappa shape index (κ3) is 6.28. The van der Waals surface area contributed by atoms with Gasteiger partial charge in [-0.2, -0.15) is 22.7 Å². The molecule has 1 spiro atoms. The number of ether oxygens (including phenoxy) is 1. The highest BCUT2D eigenvalue weighted by molar-refractivity contribution is 6.33. The van der Waals surface area contributed by atoms with E-state index in [-0.39, 0.29) is 77.1 Å². The van der Waals surface area contributed by atoms with Gasteiger partial charge in [0.05, 0.1) is 33.6 Å². The fraction of sp³-hybridized carbons (Fsp3) is 0.417. The van der Waals surface area contributed by atoms with Gasteiger partial charge in [0.1, 0.15) is 17.9 Å².